The first-order chi connectivity index (χ1) is 15.5. The van der Waals surface area contributed by atoms with E-state index in [0.29, 0.717) is 23.5 Å². The van der Waals surface area contributed by atoms with Crippen LogP contribution in [0.3, 0.4) is 0 Å². The lowest BCUT2D eigenvalue weighted by Gasteiger charge is -2.10. The second-order valence-corrected chi connectivity index (χ2v) is 6.72. The van der Waals surface area contributed by atoms with Crippen molar-refractivity contribution >= 4 is 23.6 Å². The van der Waals surface area contributed by atoms with Gasteiger partial charge >= 0.3 is 0 Å². The van der Waals surface area contributed by atoms with Crippen LogP contribution < -0.4 is 15.4 Å². The molecule has 0 unspecified atom stereocenters. The maximum absolute atomic E-state index is 13.0. The number of para-hydroxylation sites is 1. The number of nitrogens with zero attached hydrogens (tertiary/aromatic N) is 1. The lowest BCUT2D eigenvalue weighted by atomic mass is 10.1. The number of ether oxygens (including phenoxy) is 1. The van der Waals surface area contributed by atoms with Crippen LogP contribution in [0, 0.1) is 17.1 Å². The van der Waals surface area contributed by atoms with Gasteiger partial charge in [-0.1, -0.05) is 48.5 Å². The zero-order chi connectivity index (χ0) is 22.8. The third-order valence-corrected chi connectivity index (χ3v) is 4.37. The Morgan fingerprint density at radius 3 is 2.38 bits per heavy atom. The number of halogens is 1. The summed E-state index contributed by atoms with van der Waals surface area (Å²) in [6.07, 6.45) is 1.41. The Balaban J connectivity index is 1.64. The maximum Gasteiger partial charge on any atom is 0.262 e. The fourth-order valence-corrected chi connectivity index (χ4v) is 2.78. The van der Waals surface area contributed by atoms with Crippen molar-refractivity contribution in [3.05, 3.63) is 101 Å². The molecule has 6 nitrogen and oxygen atoms in total. The first kappa shape index (κ1) is 22.2. The van der Waals surface area contributed by atoms with Crippen LogP contribution in [0.2, 0.25) is 0 Å². The second kappa shape index (κ2) is 11.1. The van der Waals surface area contributed by atoms with Crippen molar-refractivity contribution in [1.82, 2.24) is 5.32 Å². The van der Waals surface area contributed by atoms with E-state index in [0.717, 1.165) is 5.56 Å². The van der Waals surface area contributed by atoms with Crippen LogP contribution >= 0.6 is 0 Å². The number of benzene rings is 3. The molecule has 0 spiro atoms. The monoisotopic (exact) mass is 429 g/mol. The molecule has 0 aromatic heterocycles. The van der Waals surface area contributed by atoms with E-state index in [1.165, 1.54) is 30.3 Å². The average Bonchev–Trinajstić information content (AvgIpc) is 2.82. The highest BCUT2D eigenvalue weighted by Gasteiger charge is 2.12. The molecule has 0 heterocycles. The molecule has 0 aliphatic carbocycles. The lowest BCUT2D eigenvalue weighted by molar-refractivity contribution is -0.118. The van der Waals surface area contributed by atoms with Crippen molar-refractivity contribution in [2.45, 2.75) is 6.54 Å². The first-order valence-corrected chi connectivity index (χ1v) is 9.76. The van der Waals surface area contributed by atoms with Gasteiger partial charge in [-0.15, -0.1) is 0 Å². The molecular weight excluding hydrogens is 409 g/mol. The van der Waals surface area contributed by atoms with Gasteiger partial charge in [0.2, 0.25) is 0 Å². The largest absolute Gasteiger partial charge is 0.483 e. The van der Waals surface area contributed by atoms with Gasteiger partial charge in [0.05, 0.1) is 0 Å². The summed E-state index contributed by atoms with van der Waals surface area (Å²) in [5.74, 6) is -1.01. The van der Waals surface area contributed by atoms with E-state index in [9.17, 15) is 19.2 Å². The van der Waals surface area contributed by atoms with Crippen LogP contribution in [0.25, 0.3) is 6.08 Å². The molecule has 2 amide bonds. The van der Waals surface area contributed by atoms with Gasteiger partial charge in [-0.2, -0.15) is 5.26 Å². The number of anilines is 1. The van der Waals surface area contributed by atoms with E-state index >= 15 is 0 Å². The second-order valence-electron chi connectivity index (χ2n) is 6.72. The van der Waals surface area contributed by atoms with Crippen LogP contribution in [0.4, 0.5) is 10.1 Å². The third-order valence-electron chi connectivity index (χ3n) is 4.37. The van der Waals surface area contributed by atoms with Gasteiger partial charge in [-0.05, 0) is 42.0 Å². The Morgan fingerprint density at radius 2 is 1.66 bits per heavy atom. The summed E-state index contributed by atoms with van der Waals surface area (Å²) >= 11 is 0. The number of carbonyl (C=O) groups excluding carboxylic acids is 2. The highest BCUT2D eigenvalue weighted by molar-refractivity contribution is 6.02. The van der Waals surface area contributed by atoms with Gasteiger partial charge in [-0.3, -0.25) is 9.59 Å². The van der Waals surface area contributed by atoms with Crippen LogP contribution in [0.1, 0.15) is 11.1 Å². The summed E-state index contributed by atoms with van der Waals surface area (Å²) < 4.78 is 18.5. The number of nitrogens with one attached hydrogen (secondary N) is 2. The number of rotatable bonds is 8. The number of nitriles is 1. The molecule has 0 bridgehead atoms. The van der Waals surface area contributed by atoms with E-state index in [1.807, 2.05) is 36.4 Å². The van der Waals surface area contributed by atoms with Gasteiger partial charge in [0, 0.05) is 17.8 Å². The topological polar surface area (TPSA) is 91.2 Å². The summed E-state index contributed by atoms with van der Waals surface area (Å²) in [4.78, 5) is 24.5. The molecule has 0 fully saturated rings. The van der Waals surface area contributed by atoms with E-state index < -0.39 is 17.6 Å². The molecule has 0 saturated carbocycles. The molecule has 0 saturated heterocycles. The Labute approximate surface area is 185 Å². The van der Waals surface area contributed by atoms with Crippen LogP contribution in [0.5, 0.6) is 5.75 Å². The molecule has 32 heavy (non-hydrogen) atoms. The SMILES string of the molecule is N#C/C(=C\c1ccccc1OCC(=O)Nc1ccc(F)cc1)C(=O)NCc1ccccc1. The van der Waals surface area contributed by atoms with E-state index in [4.69, 9.17) is 4.74 Å². The smallest absolute Gasteiger partial charge is 0.262 e. The van der Waals surface area contributed by atoms with E-state index in [-0.39, 0.29) is 12.2 Å². The van der Waals surface area contributed by atoms with Crippen molar-refractivity contribution in [3.63, 3.8) is 0 Å². The normalized spacial score (nSPS) is 10.7. The highest BCUT2D eigenvalue weighted by Crippen LogP contribution is 2.21. The standard InChI is InChI=1S/C25H20FN3O3/c26-21-10-12-22(13-11-21)29-24(30)17-32-23-9-5-4-8-19(23)14-20(15-27)25(31)28-16-18-6-2-1-3-7-18/h1-14H,16-17H2,(H,28,31)(H,29,30)/b20-14+. The first-order valence-electron chi connectivity index (χ1n) is 9.76. The third kappa shape index (κ3) is 6.54. The van der Waals surface area contributed by atoms with Crippen molar-refractivity contribution in [2.24, 2.45) is 0 Å². The molecule has 7 heteroatoms. The molecule has 2 N–H and O–H groups in total. The Hall–Kier alpha value is -4.44. The molecular formula is C25H20FN3O3. The summed E-state index contributed by atoms with van der Waals surface area (Å²) in [7, 11) is 0. The zero-order valence-electron chi connectivity index (χ0n) is 17.0. The molecule has 0 aliphatic rings. The quantitative estimate of drug-likeness (QED) is 0.417. The highest BCUT2D eigenvalue weighted by atomic mass is 19.1. The molecule has 0 aliphatic heterocycles. The lowest BCUT2D eigenvalue weighted by Crippen LogP contribution is -2.24. The Bertz CT molecular complexity index is 1150. The van der Waals surface area contributed by atoms with E-state index in [1.54, 1.807) is 24.3 Å². The van der Waals surface area contributed by atoms with Crippen molar-refractivity contribution in [2.75, 3.05) is 11.9 Å². The minimum Gasteiger partial charge on any atom is -0.483 e. The average molecular weight is 429 g/mol. The maximum atomic E-state index is 13.0. The Kier molecular flexibility index (Phi) is 7.71. The number of hydrogen-bond acceptors (Lipinski definition) is 4. The van der Waals surface area contributed by atoms with Crippen LogP contribution in [-0.4, -0.2) is 18.4 Å². The minimum atomic E-state index is -0.514. The van der Waals surface area contributed by atoms with Gasteiger partial charge < -0.3 is 15.4 Å². The molecule has 3 aromatic carbocycles. The fourth-order valence-electron chi connectivity index (χ4n) is 2.78. The van der Waals surface area contributed by atoms with Gasteiger partial charge in [0.25, 0.3) is 11.8 Å². The van der Waals surface area contributed by atoms with Crippen molar-refractivity contribution in [3.8, 4) is 11.8 Å². The summed E-state index contributed by atoms with van der Waals surface area (Å²) in [5.41, 5.74) is 1.74. The molecule has 0 atom stereocenters. The number of hydrogen-bond donors (Lipinski definition) is 2. The zero-order valence-corrected chi connectivity index (χ0v) is 17.0. The van der Waals surface area contributed by atoms with Gasteiger partial charge in [0.15, 0.2) is 6.61 Å². The summed E-state index contributed by atoms with van der Waals surface area (Å²) in [6.45, 7) is -0.00921. The molecule has 0 radical (unpaired) electrons. The predicted molar refractivity (Wildman–Crippen MR) is 119 cm³/mol. The number of carbonyl (C=O) groups is 2. The van der Waals surface area contributed by atoms with Gasteiger partial charge in [0.1, 0.15) is 23.2 Å². The van der Waals surface area contributed by atoms with Crippen molar-refractivity contribution < 1.29 is 18.7 Å². The van der Waals surface area contributed by atoms with Crippen LogP contribution in [-0.2, 0) is 16.1 Å². The fraction of sp³-hybridized carbons (Fsp3) is 0.0800. The van der Waals surface area contributed by atoms with Crippen LogP contribution in [0.15, 0.2) is 84.4 Å². The molecule has 3 aromatic rings. The summed E-state index contributed by atoms with van der Waals surface area (Å²) in [6, 6.07) is 23.4. The van der Waals surface area contributed by atoms with E-state index in [2.05, 4.69) is 10.6 Å². The Morgan fingerprint density at radius 1 is 0.969 bits per heavy atom. The summed E-state index contributed by atoms with van der Waals surface area (Å²) in [5, 5.41) is 14.7. The number of amides is 2. The van der Waals surface area contributed by atoms with Crippen molar-refractivity contribution in [1.29, 1.82) is 5.26 Å². The van der Waals surface area contributed by atoms with Gasteiger partial charge in [-0.25, -0.2) is 4.39 Å². The molecule has 160 valence electrons. The minimum absolute atomic E-state index is 0.0901. The molecule has 3 rings (SSSR count). The predicted octanol–water partition coefficient (Wildman–Crippen LogP) is 4.07.